The lowest BCUT2D eigenvalue weighted by Gasteiger charge is -2.21. The molecule has 1 aromatic rings. The molecule has 1 aromatic heterocycles. The molecule has 2 heterocycles. The van der Waals surface area contributed by atoms with Crippen molar-refractivity contribution in [3.05, 3.63) is 23.4 Å². The number of carbonyl (C=O) groups is 1. The summed E-state index contributed by atoms with van der Waals surface area (Å²) in [7, 11) is 1.62. The number of nitrogens with one attached hydrogen (secondary N) is 1. The summed E-state index contributed by atoms with van der Waals surface area (Å²) < 4.78 is 5.04. The van der Waals surface area contributed by atoms with Crippen LogP contribution in [0, 0.1) is 23.2 Å². The Balaban J connectivity index is 1.76. The van der Waals surface area contributed by atoms with Gasteiger partial charge < -0.3 is 15.0 Å². The number of likely N-dealkylation sites (tertiary alicyclic amines) is 1. The lowest BCUT2D eigenvalue weighted by molar-refractivity contribution is -0.131. The molecule has 140 valence electrons. The molecule has 2 fully saturated rings. The van der Waals surface area contributed by atoms with Crippen molar-refractivity contribution < 1.29 is 9.53 Å². The molecule has 0 bridgehead atoms. The second-order valence-corrected chi connectivity index (χ2v) is 7.69. The average Bonchev–Trinajstić information content (AvgIpc) is 3.40. The number of anilines is 1. The van der Waals surface area contributed by atoms with Crippen LogP contribution in [0.15, 0.2) is 12.1 Å². The van der Waals surface area contributed by atoms with E-state index in [1.54, 1.807) is 7.11 Å². The first-order valence-electron chi connectivity index (χ1n) is 9.47. The van der Waals surface area contributed by atoms with Crippen LogP contribution in [0.25, 0.3) is 0 Å². The van der Waals surface area contributed by atoms with Gasteiger partial charge >= 0.3 is 0 Å². The van der Waals surface area contributed by atoms with Crippen LogP contribution in [0.2, 0.25) is 0 Å². The number of pyridine rings is 1. The summed E-state index contributed by atoms with van der Waals surface area (Å²) in [4.78, 5) is 19.0. The van der Waals surface area contributed by atoms with Gasteiger partial charge in [0.05, 0.1) is 18.6 Å². The average molecular weight is 356 g/mol. The first kappa shape index (κ1) is 18.7. The van der Waals surface area contributed by atoms with Crippen LogP contribution in [0.4, 0.5) is 5.82 Å². The van der Waals surface area contributed by atoms with Crippen molar-refractivity contribution in [2.24, 2.45) is 11.8 Å². The Bertz CT molecular complexity index is 694. The van der Waals surface area contributed by atoms with E-state index in [0.717, 1.165) is 12.2 Å². The number of amides is 1. The highest BCUT2D eigenvalue weighted by Crippen LogP contribution is 2.42. The Labute approximate surface area is 155 Å². The summed E-state index contributed by atoms with van der Waals surface area (Å²) in [5.74, 6) is 2.20. The lowest BCUT2D eigenvalue weighted by atomic mass is 9.98. The standard InChI is InChI=1S/C20H28N4O2/c1-13(2)17-7-6-15(10-21)20(22-17)23-18-12-24(19(25)8-9-26-3)11-16(18)14-4-5-14/h6-7,13-14,16,18H,4-5,8-9,11-12H2,1-3H3,(H,22,23)/t16-,18+/m1/s1. The zero-order valence-electron chi connectivity index (χ0n) is 15.9. The number of rotatable bonds is 7. The highest BCUT2D eigenvalue weighted by Gasteiger charge is 2.44. The molecule has 6 heteroatoms. The second kappa shape index (κ2) is 8.05. The first-order chi connectivity index (χ1) is 12.5. The smallest absolute Gasteiger partial charge is 0.224 e. The van der Waals surface area contributed by atoms with Crippen molar-refractivity contribution >= 4 is 11.7 Å². The number of methoxy groups -OCH3 is 1. The van der Waals surface area contributed by atoms with Gasteiger partial charge in [-0.3, -0.25) is 4.79 Å². The second-order valence-electron chi connectivity index (χ2n) is 7.69. The Hall–Kier alpha value is -2.13. The van der Waals surface area contributed by atoms with Crippen molar-refractivity contribution in [2.45, 2.75) is 45.1 Å². The van der Waals surface area contributed by atoms with Gasteiger partial charge in [0.25, 0.3) is 0 Å². The van der Waals surface area contributed by atoms with Crippen molar-refractivity contribution in [2.75, 3.05) is 32.1 Å². The first-order valence-corrected chi connectivity index (χ1v) is 9.47. The molecule has 1 aliphatic carbocycles. The number of nitrogens with zero attached hydrogens (tertiary/aromatic N) is 3. The molecule has 0 spiro atoms. The maximum Gasteiger partial charge on any atom is 0.224 e. The third-order valence-corrected chi connectivity index (χ3v) is 5.42. The molecular formula is C20H28N4O2. The van der Waals surface area contributed by atoms with Crippen LogP contribution in [0.1, 0.15) is 50.3 Å². The molecule has 1 saturated carbocycles. The number of hydrogen-bond donors (Lipinski definition) is 1. The zero-order valence-corrected chi connectivity index (χ0v) is 15.9. The van der Waals surface area contributed by atoms with E-state index in [9.17, 15) is 10.1 Å². The monoisotopic (exact) mass is 356 g/mol. The van der Waals surface area contributed by atoms with Crippen LogP contribution < -0.4 is 5.32 Å². The number of aromatic nitrogens is 1. The topological polar surface area (TPSA) is 78.2 Å². The van der Waals surface area contributed by atoms with E-state index in [2.05, 4.69) is 30.2 Å². The summed E-state index contributed by atoms with van der Waals surface area (Å²) in [5, 5.41) is 12.9. The van der Waals surface area contributed by atoms with Crippen molar-refractivity contribution in [3.8, 4) is 6.07 Å². The quantitative estimate of drug-likeness (QED) is 0.813. The number of nitriles is 1. The third kappa shape index (κ3) is 4.16. The fraction of sp³-hybridized carbons (Fsp3) is 0.650. The Morgan fingerprint density at radius 3 is 2.81 bits per heavy atom. The van der Waals surface area contributed by atoms with E-state index in [-0.39, 0.29) is 11.9 Å². The molecular weight excluding hydrogens is 328 g/mol. The van der Waals surface area contributed by atoms with Crippen molar-refractivity contribution in [3.63, 3.8) is 0 Å². The summed E-state index contributed by atoms with van der Waals surface area (Å²) in [6, 6.07) is 6.14. The van der Waals surface area contributed by atoms with Gasteiger partial charge in [0.15, 0.2) is 0 Å². The largest absolute Gasteiger partial charge is 0.384 e. The van der Waals surface area contributed by atoms with Crippen LogP contribution >= 0.6 is 0 Å². The molecule has 2 atom stereocenters. The molecule has 0 radical (unpaired) electrons. The molecule has 0 unspecified atom stereocenters. The summed E-state index contributed by atoms with van der Waals surface area (Å²) >= 11 is 0. The SMILES string of the molecule is COCCC(=O)N1C[C@H](Nc2nc(C(C)C)ccc2C#N)[C@@H](C2CC2)C1. The fourth-order valence-corrected chi connectivity index (χ4v) is 3.71. The number of ether oxygens (including phenoxy) is 1. The van der Waals surface area contributed by atoms with Crippen LogP contribution in [-0.2, 0) is 9.53 Å². The van der Waals surface area contributed by atoms with Gasteiger partial charge in [-0.2, -0.15) is 5.26 Å². The Morgan fingerprint density at radius 2 is 2.19 bits per heavy atom. The van der Waals surface area contributed by atoms with E-state index in [0.29, 0.717) is 48.7 Å². The molecule has 1 saturated heterocycles. The lowest BCUT2D eigenvalue weighted by Crippen LogP contribution is -2.33. The summed E-state index contributed by atoms with van der Waals surface area (Å²) in [5.41, 5.74) is 1.54. The van der Waals surface area contributed by atoms with Crippen molar-refractivity contribution in [1.82, 2.24) is 9.88 Å². The molecule has 3 rings (SSSR count). The Morgan fingerprint density at radius 1 is 1.42 bits per heavy atom. The van der Waals surface area contributed by atoms with Crippen LogP contribution in [0.5, 0.6) is 0 Å². The van der Waals surface area contributed by atoms with E-state index < -0.39 is 0 Å². The minimum Gasteiger partial charge on any atom is -0.384 e. The van der Waals surface area contributed by atoms with Crippen molar-refractivity contribution in [1.29, 1.82) is 5.26 Å². The van der Waals surface area contributed by atoms with Crippen LogP contribution in [-0.4, -0.2) is 48.6 Å². The molecule has 1 N–H and O–H groups in total. The van der Waals surface area contributed by atoms with Gasteiger partial charge in [0.1, 0.15) is 11.9 Å². The highest BCUT2D eigenvalue weighted by atomic mass is 16.5. The summed E-state index contributed by atoms with van der Waals surface area (Å²) in [6.07, 6.45) is 2.88. The van der Waals surface area contributed by atoms with Gasteiger partial charge in [-0.15, -0.1) is 0 Å². The highest BCUT2D eigenvalue weighted by molar-refractivity contribution is 5.77. The number of carbonyl (C=O) groups excluding carboxylic acids is 1. The zero-order chi connectivity index (χ0) is 18.7. The Kier molecular flexibility index (Phi) is 5.77. The van der Waals surface area contributed by atoms with E-state index >= 15 is 0 Å². The molecule has 26 heavy (non-hydrogen) atoms. The molecule has 2 aliphatic rings. The molecule has 1 aliphatic heterocycles. The predicted octanol–water partition coefficient (Wildman–Crippen LogP) is 2.76. The van der Waals surface area contributed by atoms with Crippen LogP contribution in [0.3, 0.4) is 0 Å². The maximum atomic E-state index is 12.4. The molecule has 6 nitrogen and oxygen atoms in total. The van der Waals surface area contributed by atoms with E-state index in [1.807, 2.05) is 17.0 Å². The third-order valence-electron chi connectivity index (χ3n) is 5.42. The fourth-order valence-electron chi connectivity index (χ4n) is 3.71. The summed E-state index contributed by atoms with van der Waals surface area (Å²) in [6.45, 7) is 6.10. The predicted molar refractivity (Wildman–Crippen MR) is 99.7 cm³/mol. The van der Waals surface area contributed by atoms with Gasteiger partial charge in [0.2, 0.25) is 5.91 Å². The minimum atomic E-state index is 0.145. The van der Waals surface area contributed by atoms with E-state index in [1.165, 1.54) is 12.8 Å². The minimum absolute atomic E-state index is 0.145. The van der Waals surface area contributed by atoms with Gasteiger partial charge in [-0.25, -0.2) is 4.98 Å². The molecule has 1 amide bonds. The van der Waals surface area contributed by atoms with Gasteiger partial charge in [-0.1, -0.05) is 13.8 Å². The van der Waals surface area contributed by atoms with Gasteiger partial charge in [0, 0.05) is 37.9 Å². The number of hydrogen-bond acceptors (Lipinski definition) is 5. The van der Waals surface area contributed by atoms with E-state index in [4.69, 9.17) is 4.74 Å². The van der Waals surface area contributed by atoms with Gasteiger partial charge in [-0.05, 0) is 36.8 Å². The maximum absolute atomic E-state index is 12.4. The normalized spacial score (nSPS) is 22.5. The molecule has 0 aromatic carbocycles.